The molecule has 170 valence electrons. The summed E-state index contributed by atoms with van der Waals surface area (Å²) in [5.74, 6) is -0.371. The number of hydrogen-bond donors (Lipinski definition) is 1. The number of sulfonamides is 1. The molecule has 0 saturated heterocycles. The SMILES string of the molecule is Cc1ccc(S(=O)(=O)N(CC(=O)NC(C)(C)CC(C)(C)C)c2cccc(Cl)c2C)cc1. The number of benzene rings is 2. The molecule has 0 bridgehead atoms. The molecular formula is C24H33ClN2O3S. The van der Waals surface area contributed by atoms with Gasteiger partial charge in [-0.1, -0.05) is 56.1 Å². The molecule has 2 rings (SSSR count). The minimum Gasteiger partial charge on any atom is -0.350 e. The fraction of sp³-hybridized carbons (Fsp3) is 0.458. The van der Waals surface area contributed by atoms with Crippen LogP contribution in [-0.4, -0.2) is 26.4 Å². The summed E-state index contributed by atoms with van der Waals surface area (Å²) in [7, 11) is -3.98. The number of aryl methyl sites for hydroxylation is 1. The Labute approximate surface area is 191 Å². The third-order valence-corrected chi connectivity index (χ3v) is 7.04. The van der Waals surface area contributed by atoms with Crippen molar-refractivity contribution in [2.24, 2.45) is 5.41 Å². The van der Waals surface area contributed by atoms with Crippen molar-refractivity contribution in [2.75, 3.05) is 10.8 Å². The molecule has 0 aliphatic heterocycles. The molecule has 2 aromatic rings. The van der Waals surface area contributed by atoms with Gasteiger partial charge in [0, 0.05) is 10.6 Å². The number of amides is 1. The van der Waals surface area contributed by atoms with Crippen LogP contribution in [0.25, 0.3) is 0 Å². The van der Waals surface area contributed by atoms with E-state index >= 15 is 0 Å². The maximum atomic E-state index is 13.5. The second-order valence-corrected chi connectivity index (χ2v) is 12.1. The number of anilines is 1. The van der Waals surface area contributed by atoms with E-state index in [0.717, 1.165) is 16.3 Å². The van der Waals surface area contributed by atoms with Gasteiger partial charge in [-0.3, -0.25) is 9.10 Å². The standard InChI is InChI=1S/C24H33ClN2O3S/c1-17-11-13-19(14-12-17)31(29,30)27(21-10-8-9-20(25)18(21)2)15-22(28)26-24(6,7)16-23(3,4)5/h8-14H,15-16H2,1-7H3,(H,26,28). The lowest BCUT2D eigenvalue weighted by Gasteiger charge is -2.34. The van der Waals surface area contributed by atoms with Gasteiger partial charge in [0.2, 0.25) is 5.91 Å². The van der Waals surface area contributed by atoms with Crippen molar-refractivity contribution in [2.45, 2.75) is 65.3 Å². The van der Waals surface area contributed by atoms with Crippen molar-refractivity contribution < 1.29 is 13.2 Å². The van der Waals surface area contributed by atoms with Crippen LogP contribution in [0, 0.1) is 19.3 Å². The van der Waals surface area contributed by atoms with E-state index in [9.17, 15) is 13.2 Å². The van der Waals surface area contributed by atoms with Crippen molar-refractivity contribution in [3.05, 3.63) is 58.6 Å². The molecule has 1 N–H and O–H groups in total. The minimum atomic E-state index is -3.98. The van der Waals surface area contributed by atoms with Crippen molar-refractivity contribution in [1.29, 1.82) is 0 Å². The van der Waals surface area contributed by atoms with Crippen molar-refractivity contribution in [3.8, 4) is 0 Å². The van der Waals surface area contributed by atoms with E-state index in [1.165, 1.54) is 0 Å². The molecule has 0 spiro atoms. The fourth-order valence-electron chi connectivity index (χ4n) is 3.92. The smallest absolute Gasteiger partial charge is 0.264 e. The third-order valence-electron chi connectivity index (χ3n) is 4.85. The Kier molecular flexibility index (Phi) is 7.49. The number of hydrogen-bond acceptors (Lipinski definition) is 3. The Balaban J connectivity index is 2.45. The zero-order valence-corrected chi connectivity index (χ0v) is 21.0. The highest BCUT2D eigenvalue weighted by atomic mass is 35.5. The average Bonchev–Trinajstić information content (AvgIpc) is 2.60. The second-order valence-electron chi connectivity index (χ2n) is 9.88. The number of rotatable bonds is 7. The number of halogens is 1. The van der Waals surface area contributed by atoms with E-state index in [1.807, 2.05) is 20.8 Å². The Morgan fingerprint density at radius 3 is 2.13 bits per heavy atom. The molecule has 0 radical (unpaired) electrons. The molecule has 0 aliphatic carbocycles. The summed E-state index contributed by atoms with van der Waals surface area (Å²) in [6, 6.07) is 11.6. The zero-order valence-electron chi connectivity index (χ0n) is 19.4. The molecule has 2 aromatic carbocycles. The van der Waals surface area contributed by atoms with E-state index < -0.39 is 15.6 Å². The van der Waals surface area contributed by atoms with Gasteiger partial charge in [0.1, 0.15) is 6.54 Å². The van der Waals surface area contributed by atoms with Crippen LogP contribution in [0.1, 0.15) is 52.2 Å². The summed E-state index contributed by atoms with van der Waals surface area (Å²) >= 11 is 6.27. The van der Waals surface area contributed by atoms with Crippen molar-refractivity contribution >= 4 is 33.2 Å². The van der Waals surface area contributed by atoms with E-state index in [1.54, 1.807) is 49.4 Å². The molecule has 1 amide bonds. The largest absolute Gasteiger partial charge is 0.350 e. The van der Waals surface area contributed by atoms with Gasteiger partial charge in [0.25, 0.3) is 10.0 Å². The van der Waals surface area contributed by atoms with Crippen LogP contribution < -0.4 is 9.62 Å². The Hall–Kier alpha value is -2.05. The highest BCUT2D eigenvalue weighted by Crippen LogP contribution is 2.31. The molecule has 0 aromatic heterocycles. The molecule has 7 heteroatoms. The van der Waals surface area contributed by atoms with Crippen LogP contribution in [0.15, 0.2) is 47.4 Å². The molecule has 0 unspecified atom stereocenters. The van der Waals surface area contributed by atoms with Crippen LogP contribution in [0.5, 0.6) is 0 Å². The normalized spacial score (nSPS) is 12.5. The minimum absolute atomic E-state index is 0.00792. The molecule has 0 saturated carbocycles. The molecule has 0 atom stereocenters. The zero-order chi connectivity index (χ0) is 23.6. The number of carbonyl (C=O) groups excluding carboxylic acids is 1. The molecule has 5 nitrogen and oxygen atoms in total. The van der Waals surface area contributed by atoms with Crippen LogP contribution in [-0.2, 0) is 14.8 Å². The van der Waals surface area contributed by atoms with Gasteiger partial charge in [0.15, 0.2) is 0 Å². The summed E-state index contributed by atoms with van der Waals surface area (Å²) in [5.41, 5.74) is 1.45. The number of nitrogens with zero attached hydrogens (tertiary/aromatic N) is 1. The van der Waals surface area contributed by atoms with E-state index in [2.05, 4.69) is 26.1 Å². The molecule has 0 heterocycles. The average molecular weight is 465 g/mol. The summed E-state index contributed by atoms with van der Waals surface area (Å²) in [6.07, 6.45) is 0.743. The first-order valence-corrected chi connectivity index (χ1v) is 12.1. The van der Waals surface area contributed by atoms with Gasteiger partial charge in [-0.05, 0) is 69.4 Å². The van der Waals surface area contributed by atoms with Crippen LogP contribution in [0.2, 0.25) is 5.02 Å². The lowest BCUT2D eigenvalue weighted by atomic mass is 9.82. The molecule has 31 heavy (non-hydrogen) atoms. The fourth-order valence-corrected chi connectivity index (χ4v) is 5.57. The van der Waals surface area contributed by atoms with Gasteiger partial charge < -0.3 is 5.32 Å². The molecule has 0 aliphatic rings. The van der Waals surface area contributed by atoms with E-state index in [0.29, 0.717) is 16.3 Å². The molecule has 0 fully saturated rings. The van der Waals surface area contributed by atoms with Crippen molar-refractivity contribution in [3.63, 3.8) is 0 Å². The number of nitrogens with one attached hydrogen (secondary N) is 1. The summed E-state index contributed by atoms with van der Waals surface area (Å²) in [6.45, 7) is 13.5. The third kappa shape index (κ3) is 6.71. The quantitative estimate of drug-likeness (QED) is 0.589. The maximum Gasteiger partial charge on any atom is 0.264 e. The lowest BCUT2D eigenvalue weighted by molar-refractivity contribution is -0.121. The summed E-state index contributed by atoms with van der Waals surface area (Å²) < 4.78 is 28.2. The van der Waals surface area contributed by atoms with E-state index in [-0.39, 0.29) is 22.8 Å². The Morgan fingerprint density at radius 1 is 1.00 bits per heavy atom. The first-order chi connectivity index (χ1) is 14.1. The highest BCUT2D eigenvalue weighted by molar-refractivity contribution is 7.92. The van der Waals surface area contributed by atoms with Crippen LogP contribution >= 0.6 is 11.6 Å². The van der Waals surface area contributed by atoms with Gasteiger partial charge in [-0.2, -0.15) is 0 Å². The van der Waals surface area contributed by atoms with Gasteiger partial charge in [0.05, 0.1) is 10.6 Å². The predicted octanol–water partition coefficient (Wildman–Crippen LogP) is 5.48. The van der Waals surface area contributed by atoms with Crippen LogP contribution in [0.3, 0.4) is 0 Å². The lowest BCUT2D eigenvalue weighted by Crippen LogP contribution is -2.50. The molecular weight excluding hydrogens is 432 g/mol. The first kappa shape index (κ1) is 25.2. The topological polar surface area (TPSA) is 66.5 Å². The number of carbonyl (C=O) groups is 1. The van der Waals surface area contributed by atoms with Gasteiger partial charge in [-0.15, -0.1) is 0 Å². The first-order valence-electron chi connectivity index (χ1n) is 10.3. The van der Waals surface area contributed by atoms with E-state index in [4.69, 9.17) is 11.6 Å². The maximum absolute atomic E-state index is 13.5. The van der Waals surface area contributed by atoms with Crippen LogP contribution in [0.4, 0.5) is 5.69 Å². The van der Waals surface area contributed by atoms with Gasteiger partial charge in [-0.25, -0.2) is 8.42 Å². The Morgan fingerprint density at radius 2 is 1.58 bits per heavy atom. The van der Waals surface area contributed by atoms with Crippen molar-refractivity contribution in [1.82, 2.24) is 5.32 Å². The predicted molar refractivity (Wildman–Crippen MR) is 128 cm³/mol. The summed E-state index contributed by atoms with van der Waals surface area (Å²) in [5, 5.41) is 3.44. The highest BCUT2D eigenvalue weighted by Gasteiger charge is 2.32. The summed E-state index contributed by atoms with van der Waals surface area (Å²) in [4.78, 5) is 13.1. The Bertz CT molecular complexity index is 1040. The monoisotopic (exact) mass is 464 g/mol. The second kappa shape index (κ2) is 9.21. The van der Waals surface area contributed by atoms with Gasteiger partial charge >= 0.3 is 0 Å².